The molecule has 1 atom stereocenters. The number of aryl methyl sites for hydroxylation is 1. The highest BCUT2D eigenvalue weighted by molar-refractivity contribution is 7.11. The van der Waals surface area contributed by atoms with Crippen LogP contribution in [-0.2, 0) is 6.42 Å². The molecule has 0 spiro atoms. The molecular weight excluding hydrogens is 204 g/mol. The van der Waals surface area contributed by atoms with Crippen molar-refractivity contribution in [1.29, 1.82) is 0 Å². The van der Waals surface area contributed by atoms with Crippen molar-refractivity contribution in [2.24, 2.45) is 5.92 Å². The summed E-state index contributed by atoms with van der Waals surface area (Å²) in [5.74, 6) is 0.799. The first-order valence-electron chi connectivity index (χ1n) is 5.84. The third-order valence-electron chi connectivity index (χ3n) is 2.46. The number of rotatable bonds is 7. The van der Waals surface area contributed by atoms with E-state index in [1.807, 2.05) is 6.20 Å². The molecule has 1 unspecified atom stereocenters. The monoisotopic (exact) mass is 226 g/mol. The Morgan fingerprint density at radius 2 is 2.33 bits per heavy atom. The maximum absolute atomic E-state index is 4.35. The van der Waals surface area contributed by atoms with E-state index in [-0.39, 0.29) is 0 Å². The second kappa shape index (κ2) is 6.96. The van der Waals surface area contributed by atoms with Crippen molar-refractivity contribution in [3.63, 3.8) is 0 Å². The average Bonchev–Trinajstić information content (AvgIpc) is 2.60. The van der Waals surface area contributed by atoms with Crippen LogP contribution in [0.5, 0.6) is 0 Å². The van der Waals surface area contributed by atoms with Crippen LogP contribution < -0.4 is 5.32 Å². The van der Waals surface area contributed by atoms with E-state index >= 15 is 0 Å². The molecule has 1 N–H and O–H groups in total. The third kappa shape index (κ3) is 5.28. The number of aromatic nitrogens is 1. The molecule has 0 aromatic carbocycles. The van der Waals surface area contributed by atoms with E-state index in [1.165, 1.54) is 22.7 Å². The zero-order valence-electron chi connectivity index (χ0n) is 10.0. The van der Waals surface area contributed by atoms with Gasteiger partial charge in [0.2, 0.25) is 0 Å². The van der Waals surface area contributed by atoms with Crippen LogP contribution in [0, 0.1) is 12.8 Å². The van der Waals surface area contributed by atoms with Gasteiger partial charge in [0.05, 0.1) is 5.01 Å². The molecule has 1 heterocycles. The summed E-state index contributed by atoms with van der Waals surface area (Å²) >= 11 is 1.81. The summed E-state index contributed by atoms with van der Waals surface area (Å²) in [6, 6.07) is 0. The van der Waals surface area contributed by atoms with Crippen molar-refractivity contribution in [2.45, 2.75) is 40.0 Å². The quantitative estimate of drug-likeness (QED) is 0.723. The first-order chi connectivity index (χ1) is 7.22. The molecule has 1 rings (SSSR count). The Bertz CT molecular complexity index is 270. The van der Waals surface area contributed by atoms with Gasteiger partial charge in [-0.05, 0) is 25.8 Å². The molecule has 1 aromatic heterocycles. The van der Waals surface area contributed by atoms with E-state index < -0.39 is 0 Å². The predicted molar refractivity (Wildman–Crippen MR) is 67.5 cm³/mol. The summed E-state index contributed by atoms with van der Waals surface area (Å²) in [4.78, 5) is 5.66. The van der Waals surface area contributed by atoms with Crippen molar-refractivity contribution in [2.75, 3.05) is 13.1 Å². The van der Waals surface area contributed by atoms with Crippen molar-refractivity contribution >= 4 is 11.3 Å². The second-order valence-electron chi connectivity index (χ2n) is 4.21. The van der Waals surface area contributed by atoms with Crippen molar-refractivity contribution < 1.29 is 0 Å². The molecule has 0 bridgehead atoms. The normalized spacial score (nSPS) is 13.0. The Labute approximate surface area is 97.1 Å². The predicted octanol–water partition coefficient (Wildman–Crippen LogP) is 3.02. The molecule has 15 heavy (non-hydrogen) atoms. The van der Waals surface area contributed by atoms with Gasteiger partial charge in [-0.2, -0.15) is 0 Å². The first-order valence-corrected chi connectivity index (χ1v) is 6.66. The van der Waals surface area contributed by atoms with E-state index in [1.54, 1.807) is 11.3 Å². The van der Waals surface area contributed by atoms with Gasteiger partial charge in [-0.3, -0.25) is 0 Å². The van der Waals surface area contributed by atoms with Crippen LogP contribution in [0.4, 0.5) is 0 Å². The summed E-state index contributed by atoms with van der Waals surface area (Å²) < 4.78 is 0. The molecule has 2 nitrogen and oxygen atoms in total. The van der Waals surface area contributed by atoms with Crippen LogP contribution in [0.25, 0.3) is 0 Å². The van der Waals surface area contributed by atoms with E-state index in [2.05, 4.69) is 31.1 Å². The second-order valence-corrected chi connectivity index (χ2v) is 5.53. The summed E-state index contributed by atoms with van der Waals surface area (Å²) in [7, 11) is 0. The highest BCUT2D eigenvalue weighted by Gasteiger charge is 2.01. The van der Waals surface area contributed by atoms with Gasteiger partial charge in [-0.25, -0.2) is 4.98 Å². The van der Waals surface area contributed by atoms with Gasteiger partial charge in [-0.15, -0.1) is 11.3 Å². The number of hydrogen-bond donors (Lipinski definition) is 1. The Morgan fingerprint density at radius 3 is 2.93 bits per heavy atom. The standard InChI is InChI=1S/C12H22N2S/c1-4-5-10(2)8-13-7-6-12-14-9-11(3)15-12/h9-10,13H,4-8H2,1-3H3. The summed E-state index contributed by atoms with van der Waals surface area (Å²) in [5.41, 5.74) is 0. The topological polar surface area (TPSA) is 24.9 Å². The maximum atomic E-state index is 4.35. The lowest BCUT2D eigenvalue weighted by molar-refractivity contribution is 0.478. The molecule has 0 fully saturated rings. The SMILES string of the molecule is CCCC(C)CNCCc1ncc(C)s1. The molecular formula is C12H22N2S. The molecule has 0 amide bonds. The highest BCUT2D eigenvalue weighted by Crippen LogP contribution is 2.11. The zero-order valence-corrected chi connectivity index (χ0v) is 10.9. The number of hydrogen-bond acceptors (Lipinski definition) is 3. The van der Waals surface area contributed by atoms with Crippen molar-refractivity contribution in [3.05, 3.63) is 16.1 Å². The fraction of sp³-hybridized carbons (Fsp3) is 0.750. The largest absolute Gasteiger partial charge is 0.316 e. The van der Waals surface area contributed by atoms with Crippen LogP contribution in [0.3, 0.4) is 0 Å². The molecule has 3 heteroatoms. The summed E-state index contributed by atoms with van der Waals surface area (Å²) in [6.45, 7) is 8.86. The average molecular weight is 226 g/mol. The lowest BCUT2D eigenvalue weighted by Gasteiger charge is -2.10. The molecule has 0 aliphatic heterocycles. The lowest BCUT2D eigenvalue weighted by atomic mass is 10.1. The van der Waals surface area contributed by atoms with Crippen LogP contribution in [0.1, 0.15) is 36.6 Å². The van der Waals surface area contributed by atoms with Crippen molar-refractivity contribution in [1.82, 2.24) is 10.3 Å². The van der Waals surface area contributed by atoms with E-state index in [0.29, 0.717) is 0 Å². The Morgan fingerprint density at radius 1 is 1.53 bits per heavy atom. The fourth-order valence-corrected chi connectivity index (χ4v) is 2.44. The minimum Gasteiger partial charge on any atom is -0.316 e. The summed E-state index contributed by atoms with van der Waals surface area (Å²) in [6.07, 6.45) is 5.63. The van der Waals surface area contributed by atoms with Gasteiger partial charge in [0.15, 0.2) is 0 Å². The molecule has 0 radical (unpaired) electrons. The van der Waals surface area contributed by atoms with Crippen LogP contribution in [0.2, 0.25) is 0 Å². The maximum Gasteiger partial charge on any atom is 0.0940 e. The Kier molecular flexibility index (Phi) is 5.88. The molecule has 0 aliphatic carbocycles. The van der Waals surface area contributed by atoms with E-state index in [4.69, 9.17) is 0 Å². The molecule has 0 aliphatic rings. The van der Waals surface area contributed by atoms with Gasteiger partial charge in [-0.1, -0.05) is 20.3 Å². The Balaban J connectivity index is 2.06. The lowest BCUT2D eigenvalue weighted by Crippen LogP contribution is -2.23. The minimum absolute atomic E-state index is 0.799. The zero-order chi connectivity index (χ0) is 11.1. The van der Waals surface area contributed by atoms with Gasteiger partial charge < -0.3 is 5.32 Å². The van der Waals surface area contributed by atoms with Gasteiger partial charge in [0, 0.05) is 24.0 Å². The van der Waals surface area contributed by atoms with Crippen molar-refractivity contribution in [3.8, 4) is 0 Å². The molecule has 0 saturated heterocycles. The van der Waals surface area contributed by atoms with Gasteiger partial charge in [0.25, 0.3) is 0 Å². The van der Waals surface area contributed by atoms with E-state index in [0.717, 1.165) is 25.4 Å². The molecule has 1 aromatic rings. The first kappa shape index (κ1) is 12.7. The van der Waals surface area contributed by atoms with Gasteiger partial charge >= 0.3 is 0 Å². The van der Waals surface area contributed by atoms with Crippen LogP contribution >= 0.6 is 11.3 Å². The highest BCUT2D eigenvalue weighted by atomic mass is 32.1. The van der Waals surface area contributed by atoms with E-state index in [9.17, 15) is 0 Å². The smallest absolute Gasteiger partial charge is 0.0940 e. The minimum atomic E-state index is 0.799. The molecule has 0 saturated carbocycles. The fourth-order valence-electron chi connectivity index (χ4n) is 1.66. The number of thiazole rings is 1. The van der Waals surface area contributed by atoms with Crippen LogP contribution in [-0.4, -0.2) is 18.1 Å². The number of nitrogens with zero attached hydrogens (tertiary/aromatic N) is 1. The van der Waals surface area contributed by atoms with Gasteiger partial charge in [0.1, 0.15) is 0 Å². The summed E-state index contributed by atoms with van der Waals surface area (Å²) in [5, 5.41) is 4.75. The molecule has 86 valence electrons. The Hall–Kier alpha value is -0.410. The van der Waals surface area contributed by atoms with Crippen LogP contribution in [0.15, 0.2) is 6.20 Å². The third-order valence-corrected chi connectivity index (χ3v) is 3.43. The number of nitrogens with one attached hydrogen (secondary N) is 1.